The van der Waals surface area contributed by atoms with Gasteiger partial charge in [-0.3, -0.25) is 24.4 Å². The molecule has 1 aliphatic rings. The number of carbonyl (C=O) groups excluding carboxylic acids is 1. The van der Waals surface area contributed by atoms with Crippen molar-refractivity contribution < 1.29 is 22.5 Å². The summed E-state index contributed by atoms with van der Waals surface area (Å²) in [5.74, 6) is 1.10. The number of aryl methyl sites for hydroxylation is 1. The van der Waals surface area contributed by atoms with Crippen LogP contribution in [-0.4, -0.2) is 48.4 Å². The van der Waals surface area contributed by atoms with Gasteiger partial charge in [-0.15, -0.1) is 0 Å². The second-order valence-electron chi connectivity index (χ2n) is 9.82. The summed E-state index contributed by atoms with van der Waals surface area (Å²) >= 11 is 6.15. The Labute approximate surface area is 246 Å². The number of hydrogen-bond donors (Lipinski definition) is 1. The van der Waals surface area contributed by atoms with E-state index in [4.69, 9.17) is 25.9 Å². The molecule has 0 saturated carbocycles. The summed E-state index contributed by atoms with van der Waals surface area (Å²) in [6.45, 7) is 7.41. The van der Waals surface area contributed by atoms with Crippen LogP contribution in [0.1, 0.15) is 69.3 Å². The molecule has 1 aliphatic heterocycles. The summed E-state index contributed by atoms with van der Waals surface area (Å²) in [5.41, 5.74) is 2.50. The fourth-order valence-corrected chi connectivity index (χ4v) is 5.95. The first-order chi connectivity index (χ1) is 19.7. The molecule has 0 spiro atoms. The molecule has 0 bridgehead atoms. The van der Waals surface area contributed by atoms with E-state index in [1.807, 2.05) is 25.1 Å². The van der Waals surface area contributed by atoms with Gasteiger partial charge in [-0.25, -0.2) is 8.42 Å². The van der Waals surface area contributed by atoms with Gasteiger partial charge >= 0.3 is 0 Å². The van der Waals surface area contributed by atoms with E-state index in [1.165, 1.54) is 12.3 Å². The Morgan fingerprint density at radius 3 is 2.76 bits per heavy atom. The third-order valence-electron chi connectivity index (χ3n) is 6.77. The molecule has 12 heteroatoms. The van der Waals surface area contributed by atoms with Crippen LogP contribution in [0.3, 0.4) is 0 Å². The smallest absolute Gasteiger partial charge is 0.265 e. The summed E-state index contributed by atoms with van der Waals surface area (Å²) in [4.78, 5) is 24.1. The van der Waals surface area contributed by atoms with Crippen molar-refractivity contribution >= 4 is 39.2 Å². The predicted molar refractivity (Wildman–Crippen MR) is 158 cm³/mol. The van der Waals surface area contributed by atoms with Crippen molar-refractivity contribution in [3.63, 3.8) is 0 Å². The molecule has 2 aromatic heterocycles. The summed E-state index contributed by atoms with van der Waals surface area (Å²) in [7, 11) is -4.13. The molecule has 0 fully saturated rings. The highest BCUT2D eigenvalue weighted by Crippen LogP contribution is 2.33. The highest BCUT2D eigenvalue weighted by atomic mass is 35.5. The highest BCUT2D eigenvalue weighted by Gasteiger charge is 2.26. The second-order valence-corrected chi connectivity index (χ2v) is 11.9. The number of nitrogens with one attached hydrogen (secondary N) is 1. The Morgan fingerprint density at radius 2 is 2.02 bits per heavy atom. The lowest BCUT2D eigenvalue weighted by molar-refractivity contribution is -0.128. The number of aromatic nitrogens is 2. The topological polar surface area (TPSA) is 127 Å². The number of amides is 1. The third-order valence-corrected chi connectivity index (χ3v) is 8.58. The maximum absolute atomic E-state index is 13.5. The maximum atomic E-state index is 13.5. The van der Waals surface area contributed by atoms with Crippen LogP contribution >= 0.6 is 11.6 Å². The van der Waals surface area contributed by atoms with Gasteiger partial charge in [0.2, 0.25) is 11.7 Å². The van der Waals surface area contributed by atoms with Crippen LogP contribution in [0.25, 0.3) is 11.3 Å². The number of nitrogens with zero attached hydrogens (tertiary/aromatic N) is 4. The first-order valence-electron chi connectivity index (χ1n) is 13.9. The maximum Gasteiger partial charge on any atom is 0.265 e. The fraction of sp³-hybridized carbons (Fsp3) is 0.448. The van der Waals surface area contributed by atoms with Gasteiger partial charge in [0.15, 0.2) is 5.76 Å². The zero-order valence-corrected chi connectivity index (χ0v) is 25.2. The lowest BCUT2D eigenvalue weighted by Crippen LogP contribution is -2.37. The predicted octanol–water partition coefficient (Wildman–Crippen LogP) is 6.14. The van der Waals surface area contributed by atoms with Gasteiger partial charge in [-0.1, -0.05) is 48.3 Å². The Kier molecular flexibility index (Phi) is 10.5. The highest BCUT2D eigenvalue weighted by molar-refractivity contribution is 7.92. The Morgan fingerprint density at radius 1 is 1.20 bits per heavy atom. The first-order valence-corrected chi connectivity index (χ1v) is 15.7. The number of unbranched alkanes of at least 4 members (excludes halogenated alkanes) is 1. The number of halogens is 1. The van der Waals surface area contributed by atoms with Crippen molar-refractivity contribution in [1.29, 1.82) is 0 Å². The van der Waals surface area contributed by atoms with E-state index in [1.54, 1.807) is 17.9 Å². The molecule has 10 nitrogen and oxygen atoms in total. The molecule has 0 unspecified atom stereocenters. The summed E-state index contributed by atoms with van der Waals surface area (Å²) in [6.07, 6.45) is 6.49. The van der Waals surface area contributed by atoms with Crippen molar-refractivity contribution in [2.24, 2.45) is 4.99 Å². The van der Waals surface area contributed by atoms with E-state index >= 15 is 0 Å². The molecular weight excluding hydrogens is 566 g/mol. The zero-order valence-electron chi connectivity index (χ0n) is 23.7. The van der Waals surface area contributed by atoms with Crippen LogP contribution < -0.4 is 4.72 Å². The molecule has 0 atom stereocenters. The van der Waals surface area contributed by atoms with Gasteiger partial charge in [0.05, 0.1) is 18.8 Å². The van der Waals surface area contributed by atoms with Crippen LogP contribution in [0.2, 0.25) is 5.02 Å². The minimum atomic E-state index is -4.13. The van der Waals surface area contributed by atoms with E-state index in [-0.39, 0.29) is 33.9 Å². The van der Waals surface area contributed by atoms with E-state index in [2.05, 4.69) is 21.8 Å². The SMILES string of the molecule is CCCCC1=NCCCCC(=O)N1Cc1ccc(-c2ncccc2S(=O)(=O)Nc2noc(C)c2Cl)c(COCC)c1. The number of benzene rings is 1. The standard InChI is InChI=1S/C29H36ClN5O5S/c1-4-6-11-25-31-15-8-7-12-26(36)35(25)18-21-13-14-23(22(17-21)19-39-5-2)28-24(10-9-16-32-28)41(37,38)34-29-27(30)20(3)40-33-29/h9-10,13-14,16-17H,4-8,11-12,15,18-19H2,1-3H3,(H,33,34). The van der Waals surface area contributed by atoms with Crippen LogP contribution in [0, 0.1) is 6.92 Å². The molecule has 0 radical (unpaired) electrons. The molecule has 41 heavy (non-hydrogen) atoms. The van der Waals surface area contributed by atoms with Crippen molar-refractivity contribution in [2.75, 3.05) is 17.9 Å². The van der Waals surface area contributed by atoms with E-state index < -0.39 is 10.0 Å². The lowest BCUT2D eigenvalue weighted by atomic mass is 10.0. The molecule has 3 aromatic rings. The van der Waals surface area contributed by atoms with Crippen LogP contribution in [0.5, 0.6) is 0 Å². The van der Waals surface area contributed by atoms with Gasteiger partial charge in [-0.2, -0.15) is 0 Å². The lowest BCUT2D eigenvalue weighted by Gasteiger charge is -2.27. The molecular formula is C29H36ClN5O5S. The quantitative estimate of drug-likeness (QED) is 0.264. The first kappa shape index (κ1) is 30.7. The summed E-state index contributed by atoms with van der Waals surface area (Å²) in [5, 5.41) is 3.80. The Hall–Kier alpha value is -3.28. The van der Waals surface area contributed by atoms with Gasteiger partial charge in [0, 0.05) is 37.8 Å². The van der Waals surface area contributed by atoms with Crippen LogP contribution in [-0.2, 0) is 32.7 Å². The number of ether oxygens (including phenoxy) is 1. The van der Waals surface area contributed by atoms with Crippen molar-refractivity contribution in [2.45, 2.75) is 77.3 Å². The van der Waals surface area contributed by atoms with Gasteiger partial charge in [0.25, 0.3) is 10.0 Å². The summed E-state index contributed by atoms with van der Waals surface area (Å²) in [6, 6.07) is 8.69. The molecule has 1 aromatic carbocycles. The Balaban J connectivity index is 1.71. The number of carbonyl (C=O) groups is 1. The number of sulfonamides is 1. The molecule has 220 valence electrons. The number of aliphatic imine (C=N–C) groups is 1. The van der Waals surface area contributed by atoms with Crippen molar-refractivity contribution in [3.8, 4) is 11.3 Å². The molecule has 3 heterocycles. The van der Waals surface area contributed by atoms with E-state index in [0.29, 0.717) is 30.9 Å². The average molecular weight is 602 g/mol. The number of rotatable bonds is 12. The minimum absolute atomic E-state index is 0.0462. The second kappa shape index (κ2) is 14.1. The molecule has 1 N–H and O–H groups in total. The van der Waals surface area contributed by atoms with Crippen LogP contribution in [0.4, 0.5) is 5.82 Å². The van der Waals surface area contributed by atoms with Crippen LogP contribution in [0.15, 0.2) is 50.9 Å². The molecule has 0 saturated heterocycles. The van der Waals surface area contributed by atoms with Gasteiger partial charge in [-0.05, 0) is 56.4 Å². The molecule has 0 aliphatic carbocycles. The zero-order chi connectivity index (χ0) is 29.4. The fourth-order valence-electron chi connectivity index (χ4n) is 4.60. The minimum Gasteiger partial charge on any atom is -0.377 e. The van der Waals surface area contributed by atoms with Crippen molar-refractivity contribution in [1.82, 2.24) is 15.0 Å². The normalized spacial score (nSPS) is 14.5. The third kappa shape index (κ3) is 7.52. The van der Waals surface area contributed by atoms with E-state index in [0.717, 1.165) is 55.6 Å². The summed E-state index contributed by atoms with van der Waals surface area (Å²) < 4.78 is 40.1. The molecule has 1 amide bonds. The average Bonchev–Trinajstić information content (AvgIpc) is 3.27. The monoisotopic (exact) mass is 601 g/mol. The van der Waals surface area contributed by atoms with E-state index in [9.17, 15) is 13.2 Å². The number of pyridine rings is 1. The number of anilines is 1. The largest absolute Gasteiger partial charge is 0.377 e. The van der Waals surface area contributed by atoms with Crippen molar-refractivity contribution in [3.05, 3.63) is 58.4 Å². The number of amidine groups is 1. The van der Waals surface area contributed by atoms with Gasteiger partial charge < -0.3 is 9.26 Å². The van der Waals surface area contributed by atoms with Gasteiger partial charge in [0.1, 0.15) is 15.8 Å². The molecule has 4 rings (SSSR count). The Bertz CT molecular complexity index is 1500. The number of hydrogen-bond acceptors (Lipinski definition) is 8.